The zero-order valence-corrected chi connectivity index (χ0v) is 7.18. The molecule has 4 atom stereocenters. The van der Waals surface area contributed by atoms with Gasteiger partial charge in [0, 0.05) is 6.54 Å². The summed E-state index contributed by atoms with van der Waals surface area (Å²) < 4.78 is 7.23. The molecule has 0 bridgehead atoms. The largest absolute Gasteiger partial charge is 0.394 e. The number of aliphatic hydroxyl groups is 4. The summed E-state index contributed by atoms with van der Waals surface area (Å²) in [6, 6.07) is -0.898. The minimum Gasteiger partial charge on any atom is -0.394 e. The molecule has 1 saturated heterocycles. The van der Waals surface area contributed by atoms with E-state index < -0.39 is 31.0 Å². The fourth-order valence-electron chi connectivity index (χ4n) is 1.13. The highest BCUT2D eigenvalue weighted by molar-refractivity contribution is 5.85. The van der Waals surface area contributed by atoms with Gasteiger partial charge < -0.3 is 25.7 Å². The Morgan fingerprint density at radius 2 is 2.17 bits per heavy atom. The Bertz CT molecular complexity index is 160. The molecule has 5 nitrogen and oxygen atoms in total. The predicted molar refractivity (Wildman–Crippen MR) is 44.1 cm³/mol. The number of hydrogen-bond donors (Lipinski definition) is 5. The van der Waals surface area contributed by atoms with Crippen molar-refractivity contribution < 1.29 is 21.8 Å². The van der Waals surface area contributed by atoms with Crippen LogP contribution in [0.5, 0.6) is 0 Å². The van der Waals surface area contributed by atoms with Gasteiger partial charge in [-0.25, -0.2) is 0 Å². The summed E-state index contributed by atoms with van der Waals surface area (Å²) >= 11 is 0. The first kappa shape index (κ1) is 10.2. The van der Waals surface area contributed by atoms with Crippen LogP contribution < -0.4 is 5.31 Å². The summed E-state index contributed by atoms with van der Waals surface area (Å²) in [5.41, 5.74) is 0. The standard InChI is InChI=1S/C6H13NO4.ClH/c8-2-4(10)5-6(11)3(9)1-7-5;/h3-11H,1-2H2;1H/t3-,4-,5+,6-;/m1./s1/i/hD. The van der Waals surface area contributed by atoms with E-state index >= 15 is 0 Å². The van der Waals surface area contributed by atoms with Gasteiger partial charge >= 0.3 is 0 Å². The fourth-order valence-corrected chi connectivity index (χ4v) is 1.13. The summed E-state index contributed by atoms with van der Waals surface area (Å²) in [5.74, 6) is 0. The highest BCUT2D eigenvalue weighted by Gasteiger charge is 2.36. The van der Waals surface area contributed by atoms with Crippen LogP contribution in [0.1, 0.15) is 0 Å². The molecule has 1 aliphatic heterocycles. The Morgan fingerprint density at radius 1 is 1.58 bits per heavy atom. The molecule has 1 heterocycles. The second kappa shape index (κ2) is 4.96. The van der Waals surface area contributed by atoms with Crippen molar-refractivity contribution in [3.05, 3.63) is 0 Å². The van der Waals surface area contributed by atoms with Crippen molar-refractivity contribution in [3.63, 3.8) is 0 Å². The van der Waals surface area contributed by atoms with Gasteiger partial charge in [-0.2, -0.15) is 0 Å². The van der Waals surface area contributed by atoms with Crippen molar-refractivity contribution >= 4 is 12.4 Å². The number of halogens is 1. The lowest BCUT2D eigenvalue weighted by molar-refractivity contribution is -0.00977. The third-order valence-electron chi connectivity index (χ3n) is 1.83. The predicted octanol–water partition coefficient (Wildman–Crippen LogP) is -2.55. The van der Waals surface area contributed by atoms with Crippen molar-refractivity contribution in [3.8, 4) is 0 Å². The summed E-state index contributed by atoms with van der Waals surface area (Å²) in [5, 5.41) is 36.9. The van der Waals surface area contributed by atoms with Crippen molar-refractivity contribution in [2.75, 3.05) is 13.2 Å². The van der Waals surface area contributed by atoms with Crippen LogP contribution in [0, 0.1) is 0 Å². The number of aliphatic hydroxyl groups excluding tert-OH is 4. The monoisotopic (exact) mass is 200 g/mol. The average Bonchev–Trinajstić information content (AvgIpc) is 2.26. The molecule has 12 heavy (non-hydrogen) atoms. The third kappa shape index (κ3) is 2.29. The highest BCUT2D eigenvalue weighted by Crippen LogP contribution is 2.10. The van der Waals surface area contributed by atoms with E-state index in [4.69, 9.17) is 16.7 Å². The smallest absolute Gasteiger partial charge is 0.123 e. The molecule has 1 rings (SSSR count). The third-order valence-corrected chi connectivity index (χ3v) is 1.83. The molecule has 0 aliphatic carbocycles. The maximum Gasteiger partial charge on any atom is 0.123 e. The molecule has 5 N–H and O–H groups in total. The molecule has 0 aromatic carbocycles. The Balaban J connectivity index is 0.00000144. The second-order valence-electron chi connectivity index (χ2n) is 2.66. The summed E-state index contributed by atoms with van der Waals surface area (Å²) in [4.78, 5) is 0. The van der Waals surface area contributed by atoms with Crippen LogP contribution in [0.25, 0.3) is 0 Å². The SMILES string of the molecule is Cl.[2H]N1C[C@@H](O)[C@@H](O)[C@@H]1[C@H](O)CO. The Hall–Kier alpha value is 0.0900. The quantitative estimate of drug-likeness (QED) is 0.339. The van der Waals surface area contributed by atoms with Gasteiger partial charge in [0.15, 0.2) is 0 Å². The van der Waals surface area contributed by atoms with Gasteiger partial charge in [-0.15, -0.1) is 12.4 Å². The summed E-state index contributed by atoms with van der Waals surface area (Å²) in [6.07, 6.45) is -3.37. The van der Waals surface area contributed by atoms with Gasteiger partial charge in [0.1, 0.15) is 1.41 Å². The summed E-state index contributed by atoms with van der Waals surface area (Å²) in [6.45, 7) is -0.535. The zero-order chi connectivity index (χ0) is 9.30. The molecular formula is C6H14ClNO4. The van der Waals surface area contributed by atoms with Crippen molar-refractivity contribution in [2.24, 2.45) is 0 Å². The van der Waals surface area contributed by atoms with Gasteiger partial charge in [-0.3, -0.25) is 0 Å². The number of nitrogens with one attached hydrogen (secondary N) is 1. The number of rotatable bonds is 2. The molecule has 0 aromatic heterocycles. The van der Waals surface area contributed by atoms with Gasteiger partial charge in [0.2, 0.25) is 0 Å². The average molecular weight is 201 g/mol. The van der Waals surface area contributed by atoms with E-state index in [0.717, 1.165) is 5.31 Å². The van der Waals surface area contributed by atoms with Crippen LogP contribution in [0.15, 0.2) is 0 Å². The highest BCUT2D eigenvalue weighted by atomic mass is 35.5. The lowest BCUT2D eigenvalue weighted by Crippen LogP contribution is -2.44. The lowest BCUT2D eigenvalue weighted by atomic mass is 10.1. The van der Waals surface area contributed by atoms with E-state index in [1.54, 1.807) is 0 Å². The summed E-state index contributed by atoms with van der Waals surface area (Å²) in [7, 11) is 0. The van der Waals surface area contributed by atoms with Gasteiger partial charge in [0.25, 0.3) is 0 Å². The van der Waals surface area contributed by atoms with Crippen molar-refractivity contribution in [1.29, 1.82) is 0 Å². The van der Waals surface area contributed by atoms with Crippen LogP contribution in [0.4, 0.5) is 0 Å². The first-order chi connectivity index (χ1) is 5.57. The fraction of sp³-hybridized carbons (Fsp3) is 1.00. The van der Waals surface area contributed by atoms with Crippen LogP contribution in [0.3, 0.4) is 0 Å². The number of hydrogen-bond acceptors (Lipinski definition) is 5. The number of β-amino-alcohol motifs (C(OH)–C–C–N with tert-alkyl or cyclic N) is 1. The molecule has 1 aliphatic rings. The van der Waals surface area contributed by atoms with Crippen LogP contribution in [0.2, 0.25) is 1.41 Å². The molecule has 1 fully saturated rings. The van der Waals surface area contributed by atoms with Crippen LogP contribution >= 0.6 is 12.4 Å². The first-order valence-electron chi connectivity index (χ1n) is 3.93. The minimum absolute atomic E-state index is 0. The Kier molecular flexibility index (Phi) is 4.20. The van der Waals surface area contributed by atoms with E-state index in [-0.39, 0.29) is 19.0 Å². The van der Waals surface area contributed by atoms with Crippen molar-refractivity contribution in [1.82, 2.24) is 5.31 Å². The zero-order valence-electron chi connectivity index (χ0n) is 7.37. The molecule has 0 saturated carbocycles. The molecule has 0 aromatic rings. The van der Waals surface area contributed by atoms with Gasteiger partial charge in [0.05, 0.1) is 31.0 Å². The molecule has 74 valence electrons. The Morgan fingerprint density at radius 3 is 2.50 bits per heavy atom. The van der Waals surface area contributed by atoms with E-state index in [1.807, 2.05) is 0 Å². The topological polar surface area (TPSA) is 93.0 Å². The van der Waals surface area contributed by atoms with Crippen LogP contribution in [-0.4, -0.2) is 57.9 Å². The van der Waals surface area contributed by atoms with Gasteiger partial charge in [-0.05, 0) is 0 Å². The molecule has 0 radical (unpaired) electrons. The molecular weight excluding hydrogens is 186 g/mol. The lowest BCUT2D eigenvalue weighted by Gasteiger charge is -2.19. The van der Waals surface area contributed by atoms with E-state index in [0.29, 0.717) is 0 Å². The molecule has 6 heteroatoms. The molecule has 0 amide bonds. The maximum atomic E-state index is 9.25. The first-order valence-corrected chi connectivity index (χ1v) is 3.48. The Labute approximate surface area is 77.9 Å². The maximum absolute atomic E-state index is 9.25. The van der Waals surface area contributed by atoms with Gasteiger partial charge in [-0.1, -0.05) is 0 Å². The van der Waals surface area contributed by atoms with E-state index in [2.05, 4.69) is 0 Å². The van der Waals surface area contributed by atoms with E-state index in [1.165, 1.54) is 0 Å². The minimum atomic E-state index is -1.19. The molecule has 0 spiro atoms. The molecule has 0 unspecified atom stereocenters. The van der Waals surface area contributed by atoms with E-state index in [9.17, 15) is 5.11 Å². The normalized spacial score (nSPS) is 40.3. The van der Waals surface area contributed by atoms with Crippen molar-refractivity contribution in [2.45, 2.75) is 24.4 Å². The van der Waals surface area contributed by atoms with Crippen LogP contribution in [-0.2, 0) is 0 Å². The second-order valence-corrected chi connectivity index (χ2v) is 2.66.